The van der Waals surface area contributed by atoms with Crippen LogP contribution in [-0.4, -0.2) is 25.5 Å². The fraction of sp³-hybridized carbons (Fsp3) is 0.308. The predicted molar refractivity (Wildman–Crippen MR) is 72.6 cm³/mol. The summed E-state index contributed by atoms with van der Waals surface area (Å²) in [6, 6.07) is 2.61. The molecule has 0 bridgehead atoms. The zero-order valence-corrected chi connectivity index (χ0v) is 12.0. The van der Waals surface area contributed by atoms with Crippen LogP contribution in [0, 0.1) is 0 Å². The summed E-state index contributed by atoms with van der Waals surface area (Å²) in [5, 5.41) is 8.89. The van der Waals surface area contributed by atoms with Crippen molar-refractivity contribution in [3.8, 4) is 0 Å². The molecular weight excluding hydrogens is 304 g/mol. The molecule has 1 atom stereocenters. The average Bonchev–Trinajstić information content (AvgIpc) is 2.37. The van der Waals surface area contributed by atoms with Crippen LogP contribution < -0.4 is 4.72 Å². The van der Waals surface area contributed by atoms with Crippen molar-refractivity contribution in [1.29, 1.82) is 0 Å². The fourth-order valence-electron chi connectivity index (χ4n) is 1.55. The minimum Gasteiger partial charge on any atom is -0.480 e. The van der Waals surface area contributed by atoms with E-state index in [2.05, 4.69) is 6.58 Å². The standard InChI is InChI=1S/C13H15F2NO4S/c1-3-4-11(12(17)18)16-21(19,20)10-7-5-9(6-8-10)13(2,14)15/h3,5-8,11,16H,1,4H2,2H3,(H,17,18)/t11-/m1/s1. The number of carboxylic acid groups (broad SMARTS) is 1. The third-order valence-electron chi connectivity index (χ3n) is 2.67. The molecule has 0 heterocycles. The third-order valence-corrected chi connectivity index (χ3v) is 4.16. The Kier molecular flexibility index (Phi) is 5.19. The Hall–Kier alpha value is -1.80. The maximum Gasteiger partial charge on any atom is 0.322 e. The van der Waals surface area contributed by atoms with Gasteiger partial charge in [-0.25, -0.2) is 17.2 Å². The second-order valence-electron chi connectivity index (χ2n) is 4.45. The topological polar surface area (TPSA) is 83.5 Å². The van der Waals surface area contributed by atoms with E-state index in [1.165, 1.54) is 6.08 Å². The summed E-state index contributed by atoms with van der Waals surface area (Å²) in [4.78, 5) is 10.6. The van der Waals surface area contributed by atoms with Gasteiger partial charge >= 0.3 is 5.97 Å². The van der Waals surface area contributed by atoms with Crippen LogP contribution in [0.15, 0.2) is 41.8 Å². The first-order chi connectivity index (χ1) is 9.58. The molecule has 0 amide bonds. The molecule has 116 valence electrons. The lowest BCUT2D eigenvalue weighted by Gasteiger charge is -2.14. The van der Waals surface area contributed by atoms with Gasteiger partial charge in [0.15, 0.2) is 0 Å². The molecule has 0 radical (unpaired) electrons. The number of alkyl halides is 2. The molecule has 0 saturated carbocycles. The van der Waals surface area contributed by atoms with Gasteiger partial charge in [0.1, 0.15) is 6.04 Å². The van der Waals surface area contributed by atoms with Crippen molar-refractivity contribution in [2.75, 3.05) is 0 Å². The highest BCUT2D eigenvalue weighted by atomic mass is 32.2. The number of carbonyl (C=O) groups is 1. The Labute approximate surface area is 121 Å². The maximum absolute atomic E-state index is 13.0. The average molecular weight is 319 g/mol. The molecule has 0 aliphatic carbocycles. The van der Waals surface area contributed by atoms with Gasteiger partial charge in [-0.3, -0.25) is 4.79 Å². The summed E-state index contributed by atoms with van der Waals surface area (Å²) in [5.41, 5.74) is -0.331. The van der Waals surface area contributed by atoms with E-state index < -0.39 is 28.0 Å². The smallest absolute Gasteiger partial charge is 0.322 e. The van der Waals surface area contributed by atoms with Crippen LogP contribution in [0.4, 0.5) is 8.78 Å². The summed E-state index contributed by atoms with van der Waals surface area (Å²) in [6.45, 7) is 4.04. The predicted octanol–water partition coefficient (Wildman–Crippen LogP) is 2.11. The quantitative estimate of drug-likeness (QED) is 0.754. The monoisotopic (exact) mass is 319 g/mol. The molecule has 2 N–H and O–H groups in total. The van der Waals surface area contributed by atoms with Gasteiger partial charge in [0, 0.05) is 12.5 Å². The Balaban J connectivity index is 3.02. The van der Waals surface area contributed by atoms with Crippen molar-refractivity contribution in [3.63, 3.8) is 0 Å². The molecule has 1 aromatic rings. The van der Waals surface area contributed by atoms with E-state index in [1.807, 2.05) is 4.72 Å². The second-order valence-corrected chi connectivity index (χ2v) is 6.16. The molecule has 5 nitrogen and oxygen atoms in total. The van der Waals surface area contributed by atoms with Gasteiger partial charge < -0.3 is 5.11 Å². The number of sulfonamides is 1. The lowest BCUT2D eigenvalue weighted by molar-refractivity contribution is -0.138. The maximum atomic E-state index is 13.0. The zero-order chi connectivity index (χ0) is 16.3. The lowest BCUT2D eigenvalue weighted by atomic mass is 10.1. The van der Waals surface area contributed by atoms with Crippen molar-refractivity contribution in [2.24, 2.45) is 0 Å². The summed E-state index contributed by atoms with van der Waals surface area (Å²) in [7, 11) is -4.11. The molecule has 0 fully saturated rings. The molecule has 0 unspecified atom stereocenters. The van der Waals surface area contributed by atoms with Crippen LogP contribution in [0.2, 0.25) is 0 Å². The second kappa shape index (κ2) is 6.31. The van der Waals surface area contributed by atoms with E-state index in [4.69, 9.17) is 5.11 Å². The lowest BCUT2D eigenvalue weighted by Crippen LogP contribution is -2.40. The van der Waals surface area contributed by atoms with E-state index in [9.17, 15) is 22.0 Å². The number of hydrogen-bond acceptors (Lipinski definition) is 3. The highest BCUT2D eigenvalue weighted by molar-refractivity contribution is 7.89. The van der Waals surface area contributed by atoms with Gasteiger partial charge in [0.2, 0.25) is 10.0 Å². The molecule has 8 heteroatoms. The minimum atomic E-state index is -4.11. The Bertz CT molecular complexity index is 621. The Morgan fingerprint density at radius 2 is 1.95 bits per heavy atom. The summed E-state index contributed by atoms with van der Waals surface area (Å²) in [6.07, 6.45) is 1.17. The van der Waals surface area contributed by atoms with Crippen molar-refractivity contribution in [2.45, 2.75) is 30.2 Å². The normalized spacial score (nSPS) is 13.7. The third kappa shape index (κ3) is 4.61. The van der Waals surface area contributed by atoms with Gasteiger partial charge in [-0.05, 0) is 18.6 Å². The largest absolute Gasteiger partial charge is 0.480 e. The molecule has 1 rings (SSSR count). The van der Waals surface area contributed by atoms with Crippen molar-refractivity contribution in [3.05, 3.63) is 42.5 Å². The number of aliphatic carboxylic acids is 1. The van der Waals surface area contributed by atoms with Crippen molar-refractivity contribution in [1.82, 2.24) is 4.72 Å². The van der Waals surface area contributed by atoms with Gasteiger partial charge in [-0.1, -0.05) is 18.2 Å². The molecule has 0 aliphatic rings. The summed E-state index contributed by atoms with van der Waals surface area (Å²) in [5.74, 6) is -4.43. The minimum absolute atomic E-state index is 0.0975. The molecule has 0 saturated heterocycles. The van der Waals surface area contributed by atoms with Crippen molar-refractivity contribution >= 4 is 16.0 Å². The van der Waals surface area contributed by atoms with Gasteiger partial charge in [0.05, 0.1) is 4.90 Å². The molecule has 0 aromatic heterocycles. The van der Waals surface area contributed by atoms with Crippen LogP contribution in [-0.2, 0) is 20.7 Å². The molecule has 0 spiro atoms. The number of rotatable bonds is 7. The van der Waals surface area contributed by atoms with Crippen LogP contribution in [0.3, 0.4) is 0 Å². The van der Waals surface area contributed by atoms with Crippen LogP contribution in [0.5, 0.6) is 0 Å². The number of halogens is 2. The van der Waals surface area contributed by atoms with E-state index in [0.29, 0.717) is 6.92 Å². The molecular formula is C13H15F2NO4S. The molecule has 0 aliphatic heterocycles. The van der Waals surface area contributed by atoms with Crippen LogP contribution >= 0.6 is 0 Å². The fourth-order valence-corrected chi connectivity index (χ4v) is 2.75. The highest BCUT2D eigenvalue weighted by Gasteiger charge is 2.27. The summed E-state index contributed by atoms with van der Waals surface area (Å²) >= 11 is 0. The number of hydrogen-bond donors (Lipinski definition) is 2. The van der Waals surface area contributed by atoms with Gasteiger partial charge in [-0.15, -0.1) is 6.58 Å². The van der Waals surface area contributed by atoms with Gasteiger partial charge in [0.25, 0.3) is 5.92 Å². The SMILES string of the molecule is C=CC[C@@H](NS(=O)(=O)c1ccc(C(C)(F)F)cc1)C(=O)O. The number of carboxylic acids is 1. The van der Waals surface area contributed by atoms with E-state index in [0.717, 1.165) is 24.3 Å². The number of nitrogens with one attached hydrogen (secondary N) is 1. The van der Waals surface area contributed by atoms with E-state index in [1.54, 1.807) is 0 Å². The van der Waals surface area contributed by atoms with Crippen molar-refractivity contribution < 1.29 is 27.1 Å². The number of benzene rings is 1. The Morgan fingerprint density at radius 1 is 1.43 bits per heavy atom. The van der Waals surface area contributed by atoms with E-state index >= 15 is 0 Å². The van der Waals surface area contributed by atoms with Crippen LogP contribution in [0.1, 0.15) is 18.9 Å². The zero-order valence-electron chi connectivity index (χ0n) is 11.2. The summed E-state index contributed by atoms with van der Waals surface area (Å²) < 4.78 is 52.0. The molecule has 21 heavy (non-hydrogen) atoms. The molecule has 1 aromatic carbocycles. The first-order valence-electron chi connectivity index (χ1n) is 5.92. The van der Waals surface area contributed by atoms with E-state index in [-0.39, 0.29) is 16.9 Å². The first kappa shape index (κ1) is 17.3. The van der Waals surface area contributed by atoms with Gasteiger partial charge in [-0.2, -0.15) is 4.72 Å². The first-order valence-corrected chi connectivity index (χ1v) is 7.40. The Morgan fingerprint density at radius 3 is 2.33 bits per heavy atom. The van der Waals surface area contributed by atoms with Crippen LogP contribution in [0.25, 0.3) is 0 Å². The highest BCUT2D eigenvalue weighted by Crippen LogP contribution is 2.27.